The molecule has 0 spiro atoms. The van der Waals surface area contributed by atoms with Crippen LogP contribution in [0.3, 0.4) is 0 Å². The number of hydrogen-bond acceptors (Lipinski definition) is 5. The van der Waals surface area contributed by atoms with Gasteiger partial charge in [-0.05, 0) is 41.7 Å². The number of imidazole rings is 1. The topological polar surface area (TPSA) is 63.7 Å². The average Bonchev–Trinajstić information content (AvgIpc) is 3.16. The van der Waals surface area contributed by atoms with Crippen molar-refractivity contribution in [3.05, 3.63) is 57.1 Å². The van der Waals surface area contributed by atoms with Crippen LogP contribution in [0.2, 0.25) is 0 Å². The molecule has 0 N–H and O–H groups in total. The summed E-state index contributed by atoms with van der Waals surface area (Å²) in [6.45, 7) is 3.74. The van der Waals surface area contributed by atoms with Crippen LogP contribution in [0, 0.1) is 17.0 Å². The molecule has 3 heterocycles. The molecule has 0 radical (unpaired) electrons. The lowest BCUT2D eigenvalue weighted by atomic mass is 9.87. The molecule has 4 rings (SSSR count). The van der Waals surface area contributed by atoms with Gasteiger partial charge in [0, 0.05) is 18.5 Å². The van der Waals surface area contributed by atoms with Gasteiger partial charge in [0.1, 0.15) is 6.20 Å². The smallest absolute Gasteiger partial charge is 0.358 e. The fourth-order valence-corrected chi connectivity index (χ4v) is 4.30. The van der Waals surface area contributed by atoms with Crippen molar-refractivity contribution in [2.24, 2.45) is 0 Å². The summed E-state index contributed by atoms with van der Waals surface area (Å²) in [5.74, 6) is 1.11. The van der Waals surface area contributed by atoms with Crippen molar-refractivity contribution in [3.8, 4) is 0 Å². The Morgan fingerprint density at radius 2 is 2.04 bits per heavy atom. The SMILES string of the molecule is Cc1ccccc1C1CCN(c2nc3sccn3c2[N+](=O)[O-])CC1. The van der Waals surface area contributed by atoms with Crippen LogP contribution in [0.25, 0.3) is 4.96 Å². The third kappa shape index (κ3) is 2.45. The van der Waals surface area contributed by atoms with E-state index in [1.165, 1.54) is 22.5 Å². The molecule has 0 saturated carbocycles. The van der Waals surface area contributed by atoms with Crippen molar-refractivity contribution < 1.29 is 4.92 Å². The highest BCUT2D eigenvalue weighted by molar-refractivity contribution is 7.15. The molecule has 124 valence electrons. The number of aromatic nitrogens is 2. The molecule has 6 nitrogen and oxygen atoms in total. The second-order valence-corrected chi connectivity index (χ2v) is 7.06. The first-order chi connectivity index (χ1) is 11.6. The normalized spacial score (nSPS) is 16.0. The molecule has 0 aliphatic carbocycles. The van der Waals surface area contributed by atoms with Crippen LogP contribution in [0.15, 0.2) is 35.8 Å². The molecule has 0 atom stereocenters. The highest BCUT2D eigenvalue weighted by atomic mass is 32.1. The van der Waals surface area contributed by atoms with E-state index < -0.39 is 0 Å². The van der Waals surface area contributed by atoms with E-state index >= 15 is 0 Å². The van der Waals surface area contributed by atoms with E-state index in [1.807, 2.05) is 5.38 Å². The first-order valence-corrected chi connectivity index (χ1v) is 8.93. The van der Waals surface area contributed by atoms with E-state index in [-0.39, 0.29) is 10.7 Å². The highest BCUT2D eigenvalue weighted by Gasteiger charge is 2.31. The summed E-state index contributed by atoms with van der Waals surface area (Å²) in [6, 6.07) is 8.50. The van der Waals surface area contributed by atoms with Gasteiger partial charge < -0.3 is 15.0 Å². The Labute approximate surface area is 143 Å². The Balaban J connectivity index is 1.58. The fourth-order valence-electron chi connectivity index (χ4n) is 3.59. The van der Waals surface area contributed by atoms with Gasteiger partial charge in [0.2, 0.25) is 5.82 Å². The molecule has 1 aromatic carbocycles. The molecule has 0 bridgehead atoms. The molecule has 1 fully saturated rings. The molecule has 7 heteroatoms. The number of nitrogens with zero attached hydrogens (tertiary/aromatic N) is 4. The monoisotopic (exact) mass is 342 g/mol. The standard InChI is InChI=1S/C17H18N4O2S/c1-12-4-2-3-5-14(12)13-6-8-19(9-7-13)15-16(21(22)23)20-10-11-24-17(20)18-15/h2-5,10-11,13H,6-9H2,1H3. The van der Waals surface area contributed by atoms with Crippen LogP contribution in [-0.4, -0.2) is 27.4 Å². The zero-order valence-corrected chi connectivity index (χ0v) is 14.2. The third-order valence-electron chi connectivity index (χ3n) is 4.81. The van der Waals surface area contributed by atoms with Gasteiger partial charge in [-0.2, -0.15) is 9.38 Å². The highest BCUT2D eigenvalue weighted by Crippen LogP contribution is 2.36. The minimum absolute atomic E-state index is 0.0839. The summed E-state index contributed by atoms with van der Waals surface area (Å²) in [6.07, 6.45) is 3.70. The number of nitro groups is 1. The quantitative estimate of drug-likeness (QED) is 0.533. The Morgan fingerprint density at radius 1 is 1.29 bits per heavy atom. The molecule has 0 amide bonds. The molecule has 1 aliphatic heterocycles. The maximum absolute atomic E-state index is 11.5. The number of fused-ring (bicyclic) bond motifs is 1. The van der Waals surface area contributed by atoms with Crippen molar-refractivity contribution in [2.45, 2.75) is 25.7 Å². The maximum Gasteiger partial charge on any atom is 0.373 e. The van der Waals surface area contributed by atoms with Gasteiger partial charge in [0.05, 0.1) is 0 Å². The summed E-state index contributed by atoms with van der Waals surface area (Å²) in [5, 5.41) is 13.3. The van der Waals surface area contributed by atoms with Gasteiger partial charge in [0.25, 0.3) is 4.96 Å². The lowest BCUT2D eigenvalue weighted by Gasteiger charge is -2.32. The van der Waals surface area contributed by atoms with E-state index in [2.05, 4.69) is 41.1 Å². The van der Waals surface area contributed by atoms with E-state index in [0.29, 0.717) is 16.7 Å². The van der Waals surface area contributed by atoms with Gasteiger partial charge in [-0.25, -0.2) is 0 Å². The molecule has 1 saturated heterocycles. The molecular weight excluding hydrogens is 324 g/mol. The molecule has 1 aliphatic rings. The van der Waals surface area contributed by atoms with E-state index in [1.54, 1.807) is 10.6 Å². The van der Waals surface area contributed by atoms with Gasteiger partial charge in [0.15, 0.2) is 0 Å². The van der Waals surface area contributed by atoms with Gasteiger partial charge in [-0.15, -0.1) is 0 Å². The number of rotatable bonds is 3. The molecule has 24 heavy (non-hydrogen) atoms. The van der Waals surface area contributed by atoms with Crippen LogP contribution in [0.1, 0.15) is 29.9 Å². The van der Waals surface area contributed by atoms with Crippen molar-refractivity contribution in [1.82, 2.24) is 9.38 Å². The van der Waals surface area contributed by atoms with Gasteiger partial charge in [-0.3, -0.25) is 0 Å². The Hall–Kier alpha value is -2.41. The number of piperidine rings is 1. The lowest BCUT2D eigenvalue weighted by molar-refractivity contribution is -0.389. The maximum atomic E-state index is 11.5. The first-order valence-electron chi connectivity index (χ1n) is 8.05. The van der Waals surface area contributed by atoms with Crippen LogP contribution in [-0.2, 0) is 0 Å². The predicted molar refractivity (Wildman–Crippen MR) is 95.1 cm³/mol. The number of hydrogen-bond donors (Lipinski definition) is 0. The second kappa shape index (κ2) is 5.90. The van der Waals surface area contributed by atoms with Crippen molar-refractivity contribution >= 4 is 27.9 Å². The number of thiazole rings is 1. The molecule has 0 unspecified atom stereocenters. The zero-order chi connectivity index (χ0) is 16.7. The Bertz CT molecular complexity index is 893. The number of aryl methyl sites for hydroxylation is 1. The summed E-state index contributed by atoms with van der Waals surface area (Å²) < 4.78 is 1.58. The summed E-state index contributed by atoms with van der Waals surface area (Å²) >= 11 is 1.42. The van der Waals surface area contributed by atoms with Crippen LogP contribution in [0.5, 0.6) is 0 Å². The minimum atomic E-state index is -0.324. The van der Waals surface area contributed by atoms with Crippen molar-refractivity contribution in [3.63, 3.8) is 0 Å². The summed E-state index contributed by atoms with van der Waals surface area (Å²) in [5.41, 5.74) is 2.72. The van der Waals surface area contributed by atoms with Gasteiger partial charge in [-0.1, -0.05) is 35.6 Å². The number of benzene rings is 1. The minimum Gasteiger partial charge on any atom is -0.358 e. The van der Waals surface area contributed by atoms with Crippen LogP contribution in [0.4, 0.5) is 11.6 Å². The Morgan fingerprint density at radius 3 is 2.75 bits per heavy atom. The fraction of sp³-hybridized carbons (Fsp3) is 0.353. The van der Waals surface area contributed by atoms with Gasteiger partial charge >= 0.3 is 5.82 Å². The molecule has 2 aromatic heterocycles. The summed E-state index contributed by atoms with van der Waals surface area (Å²) in [4.78, 5) is 18.4. The van der Waals surface area contributed by atoms with Crippen LogP contribution < -0.4 is 4.90 Å². The van der Waals surface area contributed by atoms with Crippen LogP contribution >= 0.6 is 11.3 Å². The average molecular weight is 342 g/mol. The van der Waals surface area contributed by atoms with E-state index in [4.69, 9.17) is 0 Å². The van der Waals surface area contributed by atoms with Crippen molar-refractivity contribution in [1.29, 1.82) is 0 Å². The lowest BCUT2D eigenvalue weighted by Crippen LogP contribution is -2.33. The zero-order valence-electron chi connectivity index (χ0n) is 13.4. The van der Waals surface area contributed by atoms with Crippen molar-refractivity contribution in [2.75, 3.05) is 18.0 Å². The predicted octanol–water partition coefficient (Wildman–Crippen LogP) is 4.00. The largest absolute Gasteiger partial charge is 0.373 e. The third-order valence-corrected chi connectivity index (χ3v) is 5.57. The Kier molecular flexibility index (Phi) is 3.72. The second-order valence-electron chi connectivity index (χ2n) is 6.19. The number of anilines is 1. The van der Waals surface area contributed by atoms with E-state index in [9.17, 15) is 10.1 Å². The molecular formula is C17H18N4O2S. The molecule has 3 aromatic rings. The van der Waals surface area contributed by atoms with E-state index in [0.717, 1.165) is 25.9 Å². The summed E-state index contributed by atoms with van der Waals surface area (Å²) in [7, 11) is 0. The first kappa shape index (κ1) is 15.1.